The van der Waals surface area contributed by atoms with E-state index in [9.17, 15) is 4.79 Å². The van der Waals surface area contributed by atoms with Crippen LogP contribution in [0.4, 0.5) is 0 Å². The minimum Gasteiger partial charge on any atom is -0.366 e. The summed E-state index contributed by atoms with van der Waals surface area (Å²) in [5.74, 6) is -0.313. The molecule has 0 unspecified atom stereocenters. The molecule has 2 heteroatoms. The van der Waals surface area contributed by atoms with Crippen molar-refractivity contribution in [3.63, 3.8) is 0 Å². The molecule has 0 aliphatic carbocycles. The topological polar surface area (TPSA) is 43.1 Å². The van der Waals surface area contributed by atoms with Crippen molar-refractivity contribution in [3.05, 3.63) is 35.4 Å². The molecular formula is C15H23NO. The van der Waals surface area contributed by atoms with Gasteiger partial charge in [0.15, 0.2) is 0 Å². The van der Waals surface area contributed by atoms with Crippen molar-refractivity contribution >= 4 is 5.91 Å². The van der Waals surface area contributed by atoms with Gasteiger partial charge in [-0.3, -0.25) is 4.79 Å². The van der Waals surface area contributed by atoms with Crippen molar-refractivity contribution in [2.45, 2.75) is 51.9 Å². The molecule has 1 aromatic carbocycles. The molecule has 0 fully saturated rings. The molecule has 0 heterocycles. The van der Waals surface area contributed by atoms with Gasteiger partial charge in [0.05, 0.1) is 0 Å². The molecular weight excluding hydrogens is 210 g/mol. The number of aryl methyl sites for hydroxylation is 1. The fraction of sp³-hybridized carbons (Fsp3) is 0.533. The highest BCUT2D eigenvalue weighted by Crippen LogP contribution is 2.13. The zero-order chi connectivity index (χ0) is 12.5. The van der Waals surface area contributed by atoms with Crippen LogP contribution >= 0.6 is 0 Å². The molecule has 0 bridgehead atoms. The zero-order valence-electron chi connectivity index (χ0n) is 10.7. The Morgan fingerprint density at radius 2 is 1.71 bits per heavy atom. The first-order chi connectivity index (χ1) is 8.25. The number of hydrogen-bond donors (Lipinski definition) is 1. The van der Waals surface area contributed by atoms with E-state index < -0.39 is 0 Å². The lowest BCUT2D eigenvalue weighted by Gasteiger charge is -2.06. The summed E-state index contributed by atoms with van der Waals surface area (Å²) in [6.45, 7) is 2.23. The van der Waals surface area contributed by atoms with Crippen molar-refractivity contribution in [2.24, 2.45) is 5.73 Å². The number of benzene rings is 1. The van der Waals surface area contributed by atoms with Gasteiger partial charge in [-0.2, -0.15) is 0 Å². The van der Waals surface area contributed by atoms with E-state index in [0.717, 1.165) is 18.4 Å². The summed E-state index contributed by atoms with van der Waals surface area (Å²) in [6, 6.07) is 7.66. The van der Waals surface area contributed by atoms with Crippen LogP contribution in [0.5, 0.6) is 0 Å². The van der Waals surface area contributed by atoms with Gasteiger partial charge in [0.25, 0.3) is 0 Å². The summed E-state index contributed by atoms with van der Waals surface area (Å²) in [4.78, 5) is 11.2. The first-order valence-corrected chi connectivity index (χ1v) is 6.63. The van der Waals surface area contributed by atoms with Gasteiger partial charge in [-0.05, 0) is 24.5 Å². The van der Waals surface area contributed by atoms with Crippen LogP contribution in [0.3, 0.4) is 0 Å². The third kappa shape index (κ3) is 5.03. The predicted octanol–water partition coefficient (Wildman–Crippen LogP) is 3.69. The van der Waals surface area contributed by atoms with Crippen molar-refractivity contribution in [3.8, 4) is 0 Å². The Bertz CT molecular complexity index is 347. The van der Waals surface area contributed by atoms with Gasteiger partial charge in [0, 0.05) is 5.56 Å². The quantitative estimate of drug-likeness (QED) is 0.684. The van der Waals surface area contributed by atoms with Crippen LogP contribution in [0.2, 0.25) is 0 Å². The van der Waals surface area contributed by atoms with Gasteiger partial charge in [-0.1, -0.05) is 57.2 Å². The Balaban J connectivity index is 2.34. The highest BCUT2D eigenvalue weighted by Gasteiger charge is 2.05. The molecule has 1 amide bonds. The maximum absolute atomic E-state index is 11.2. The lowest BCUT2D eigenvalue weighted by molar-refractivity contribution is 0.0999. The number of nitrogens with two attached hydrogens (primary N) is 1. The molecule has 0 saturated heterocycles. The van der Waals surface area contributed by atoms with Crippen molar-refractivity contribution in [1.82, 2.24) is 0 Å². The van der Waals surface area contributed by atoms with Crippen molar-refractivity contribution < 1.29 is 4.79 Å². The predicted molar refractivity (Wildman–Crippen MR) is 72.0 cm³/mol. The van der Waals surface area contributed by atoms with E-state index in [2.05, 4.69) is 6.92 Å². The van der Waals surface area contributed by atoms with Gasteiger partial charge in [0.1, 0.15) is 0 Å². The minimum absolute atomic E-state index is 0.313. The van der Waals surface area contributed by atoms with Gasteiger partial charge in [-0.25, -0.2) is 0 Å². The Labute approximate surface area is 104 Å². The van der Waals surface area contributed by atoms with E-state index >= 15 is 0 Å². The Morgan fingerprint density at radius 1 is 1.06 bits per heavy atom. The number of amides is 1. The molecule has 2 N–H and O–H groups in total. The molecule has 0 saturated carbocycles. The summed E-state index contributed by atoms with van der Waals surface area (Å²) in [5, 5.41) is 0. The highest BCUT2D eigenvalue weighted by atomic mass is 16.1. The van der Waals surface area contributed by atoms with E-state index in [4.69, 9.17) is 5.73 Å². The maximum atomic E-state index is 11.2. The van der Waals surface area contributed by atoms with Crippen LogP contribution in [0, 0.1) is 0 Å². The Morgan fingerprint density at radius 3 is 2.41 bits per heavy atom. The lowest BCUT2D eigenvalue weighted by Crippen LogP contribution is -2.13. The van der Waals surface area contributed by atoms with Gasteiger partial charge in [-0.15, -0.1) is 0 Å². The SMILES string of the molecule is CCCCCCCCc1ccccc1C(N)=O. The fourth-order valence-corrected chi connectivity index (χ4v) is 2.07. The monoisotopic (exact) mass is 233 g/mol. The molecule has 94 valence electrons. The number of primary amides is 1. The summed E-state index contributed by atoms with van der Waals surface area (Å²) in [6.07, 6.45) is 8.59. The molecule has 0 aliphatic rings. The van der Waals surface area contributed by atoms with Gasteiger partial charge < -0.3 is 5.73 Å². The van der Waals surface area contributed by atoms with E-state index in [0.29, 0.717) is 5.56 Å². The van der Waals surface area contributed by atoms with Crippen LogP contribution in [-0.2, 0) is 6.42 Å². The van der Waals surface area contributed by atoms with E-state index in [1.807, 2.05) is 24.3 Å². The molecule has 0 aliphatic heterocycles. The number of carbonyl (C=O) groups excluding carboxylic acids is 1. The number of carbonyl (C=O) groups is 1. The average Bonchev–Trinajstić information content (AvgIpc) is 2.34. The molecule has 1 rings (SSSR count). The number of hydrogen-bond acceptors (Lipinski definition) is 1. The van der Waals surface area contributed by atoms with E-state index in [-0.39, 0.29) is 5.91 Å². The van der Waals surface area contributed by atoms with Crippen LogP contribution in [0.1, 0.15) is 61.4 Å². The summed E-state index contributed by atoms with van der Waals surface area (Å²) >= 11 is 0. The molecule has 0 spiro atoms. The molecule has 0 radical (unpaired) electrons. The second-order valence-electron chi connectivity index (χ2n) is 4.54. The summed E-state index contributed by atoms with van der Waals surface area (Å²) in [5.41, 5.74) is 7.12. The van der Waals surface area contributed by atoms with Gasteiger partial charge in [0.2, 0.25) is 5.91 Å². The van der Waals surface area contributed by atoms with Crippen molar-refractivity contribution in [1.29, 1.82) is 0 Å². The fourth-order valence-electron chi connectivity index (χ4n) is 2.07. The first kappa shape index (κ1) is 13.8. The normalized spacial score (nSPS) is 10.4. The van der Waals surface area contributed by atoms with Crippen LogP contribution in [-0.4, -0.2) is 5.91 Å². The Hall–Kier alpha value is -1.31. The molecule has 2 nitrogen and oxygen atoms in total. The number of unbranched alkanes of at least 4 members (excludes halogenated alkanes) is 5. The van der Waals surface area contributed by atoms with Crippen LogP contribution < -0.4 is 5.73 Å². The smallest absolute Gasteiger partial charge is 0.248 e. The highest BCUT2D eigenvalue weighted by molar-refractivity contribution is 5.94. The molecule has 0 aromatic heterocycles. The third-order valence-electron chi connectivity index (χ3n) is 3.08. The first-order valence-electron chi connectivity index (χ1n) is 6.63. The van der Waals surface area contributed by atoms with Gasteiger partial charge >= 0.3 is 0 Å². The molecule has 1 aromatic rings. The second kappa shape index (κ2) is 7.88. The third-order valence-corrected chi connectivity index (χ3v) is 3.08. The summed E-state index contributed by atoms with van der Waals surface area (Å²) < 4.78 is 0. The van der Waals surface area contributed by atoms with E-state index in [1.54, 1.807) is 0 Å². The Kier molecular flexibility index (Phi) is 6.38. The van der Waals surface area contributed by atoms with Crippen LogP contribution in [0.25, 0.3) is 0 Å². The number of rotatable bonds is 8. The molecule has 17 heavy (non-hydrogen) atoms. The van der Waals surface area contributed by atoms with Crippen LogP contribution in [0.15, 0.2) is 24.3 Å². The molecule has 0 atom stereocenters. The summed E-state index contributed by atoms with van der Waals surface area (Å²) in [7, 11) is 0. The van der Waals surface area contributed by atoms with E-state index in [1.165, 1.54) is 32.1 Å². The lowest BCUT2D eigenvalue weighted by atomic mass is 10.00. The standard InChI is InChI=1S/C15H23NO/c1-2-3-4-5-6-7-10-13-11-8-9-12-14(13)15(16)17/h8-9,11-12H,2-7,10H2,1H3,(H2,16,17). The maximum Gasteiger partial charge on any atom is 0.248 e. The largest absolute Gasteiger partial charge is 0.366 e. The zero-order valence-corrected chi connectivity index (χ0v) is 10.7. The van der Waals surface area contributed by atoms with Crippen molar-refractivity contribution in [2.75, 3.05) is 0 Å². The second-order valence-corrected chi connectivity index (χ2v) is 4.54. The minimum atomic E-state index is -0.313. The average molecular weight is 233 g/mol.